The van der Waals surface area contributed by atoms with Gasteiger partial charge < -0.3 is 10.6 Å². The minimum absolute atomic E-state index is 0.458. The van der Waals surface area contributed by atoms with Gasteiger partial charge in [0, 0.05) is 19.0 Å². The van der Waals surface area contributed by atoms with Gasteiger partial charge in [0.05, 0.1) is 0 Å². The van der Waals surface area contributed by atoms with Crippen molar-refractivity contribution in [1.82, 2.24) is 4.90 Å². The van der Waals surface area contributed by atoms with Crippen LogP contribution >= 0.6 is 0 Å². The first-order valence-electron chi connectivity index (χ1n) is 7.62. The summed E-state index contributed by atoms with van der Waals surface area (Å²) in [6.45, 7) is 13.1. The summed E-state index contributed by atoms with van der Waals surface area (Å²) in [4.78, 5) is 2.56. The predicted molar refractivity (Wildman–Crippen MR) is 84.7 cm³/mol. The van der Waals surface area contributed by atoms with E-state index < -0.39 is 0 Å². The van der Waals surface area contributed by atoms with E-state index in [9.17, 15) is 0 Å². The summed E-state index contributed by atoms with van der Waals surface area (Å²) >= 11 is 0. The minimum atomic E-state index is 0.458. The van der Waals surface area contributed by atoms with Crippen LogP contribution in [0.1, 0.15) is 49.3 Å². The fraction of sp³-hybridized carbons (Fsp3) is 0.647. The topological polar surface area (TPSA) is 29.3 Å². The lowest BCUT2D eigenvalue weighted by Crippen LogP contribution is -2.33. The average Bonchev–Trinajstić information content (AvgIpc) is 2.37. The lowest BCUT2D eigenvalue weighted by Gasteiger charge is -2.28. The van der Waals surface area contributed by atoms with E-state index in [1.165, 1.54) is 42.6 Å². The zero-order valence-electron chi connectivity index (χ0n) is 13.1. The van der Waals surface area contributed by atoms with Crippen LogP contribution in [0.4, 0.5) is 0 Å². The van der Waals surface area contributed by atoms with Gasteiger partial charge in [-0.05, 0) is 56.5 Å². The second kappa shape index (κ2) is 8.34. The Balaban J connectivity index is 2.87. The first-order chi connectivity index (χ1) is 9.13. The molecule has 0 radical (unpaired) electrons. The van der Waals surface area contributed by atoms with Crippen molar-refractivity contribution in [1.29, 1.82) is 0 Å². The quantitative estimate of drug-likeness (QED) is 0.777. The van der Waals surface area contributed by atoms with Crippen LogP contribution < -0.4 is 5.73 Å². The SMILES string of the molecule is CCCN(CCC)CC(CN)c1c(C)cccc1C. The maximum Gasteiger partial charge on any atom is 0.00940 e. The van der Waals surface area contributed by atoms with Crippen LogP contribution in [0, 0.1) is 13.8 Å². The molecule has 2 heteroatoms. The van der Waals surface area contributed by atoms with E-state index in [2.05, 4.69) is 50.8 Å². The summed E-state index contributed by atoms with van der Waals surface area (Å²) in [5, 5.41) is 0. The maximum absolute atomic E-state index is 6.06. The van der Waals surface area contributed by atoms with Crippen molar-refractivity contribution in [2.75, 3.05) is 26.2 Å². The van der Waals surface area contributed by atoms with Crippen LogP contribution in [0.15, 0.2) is 18.2 Å². The van der Waals surface area contributed by atoms with E-state index in [0.717, 1.165) is 13.1 Å². The number of nitrogens with two attached hydrogens (primary N) is 1. The normalized spacial score (nSPS) is 12.9. The number of hydrogen-bond donors (Lipinski definition) is 1. The summed E-state index contributed by atoms with van der Waals surface area (Å²) in [5.41, 5.74) is 10.3. The Morgan fingerprint density at radius 3 is 2.00 bits per heavy atom. The Labute approximate surface area is 119 Å². The van der Waals surface area contributed by atoms with Crippen molar-refractivity contribution in [2.45, 2.75) is 46.5 Å². The van der Waals surface area contributed by atoms with Gasteiger partial charge in [-0.15, -0.1) is 0 Å². The molecule has 1 atom stereocenters. The molecule has 1 aromatic carbocycles. The molecule has 0 spiro atoms. The van der Waals surface area contributed by atoms with Gasteiger partial charge in [-0.1, -0.05) is 32.0 Å². The van der Waals surface area contributed by atoms with E-state index in [-0.39, 0.29) is 0 Å². The highest BCUT2D eigenvalue weighted by Crippen LogP contribution is 2.24. The van der Waals surface area contributed by atoms with Crippen LogP contribution in [0.3, 0.4) is 0 Å². The molecule has 1 rings (SSSR count). The van der Waals surface area contributed by atoms with Gasteiger partial charge in [-0.25, -0.2) is 0 Å². The molecule has 0 saturated carbocycles. The highest BCUT2D eigenvalue weighted by Gasteiger charge is 2.17. The lowest BCUT2D eigenvalue weighted by atomic mass is 9.90. The van der Waals surface area contributed by atoms with Crippen molar-refractivity contribution >= 4 is 0 Å². The largest absolute Gasteiger partial charge is 0.330 e. The molecule has 108 valence electrons. The Morgan fingerprint density at radius 2 is 1.58 bits per heavy atom. The molecule has 0 fully saturated rings. The number of nitrogens with zero attached hydrogens (tertiary/aromatic N) is 1. The minimum Gasteiger partial charge on any atom is -0.330 e. The summed E-state index contributed by atoms with van der Waals surface area (Å²) < 4.78 is 0. The molecule has 0 aliphatic carbocycles. The molecule has 0 aromatic heterocycles. The van der Waals surface area contributed by atoms with Gasteiger partial charge in [0.25, 0.3) is 0 Å². The van der Waals surface area contributed by atoms with Gasteiger partial charge >= 0.3 is 0 Å². The van der Waals surface area contributed by atoms with Crippen molar-refractivity contribution in [2.24, 2.45) is 5.73 Å². The Hall–Kier alpha value is -0.860. The first-order valence-corrected chi connectivity index (χ1v) is 7.62. The number of benzene rings is 1. The molecule has 1 aromatic rings. The molecule has 19 heavy (non-hydrogen) atoms. The third-order valence-corrected chi connectivity index (χ3v) is 3.79. The molecule has 2 N–H and O–H groups in total. The zero-order chi connectivity index (χ0) is 14.3. The van der Waals surface area contributed by atoms with Crippen LogP contribution in [0.2, 0.25) is 0 Å². The Morgan fingerprint density at radius 1 is 1.05 bits per heavy atom. The number of aryl methyl sites for hydroxylation is 2. The fourth-order valence-corrected chi connectivity index (χ4v) is 2.99. The number of hydrogen-bond acceptors (Lipinski definition) is 2. The van der Waals surface area contributed by atoms with Gasteiger partial charge in [-0.2, -0.15) is 0 Å². The summed E-state index contributed by atoms with van der Waals surface area (Å²) in [6, 6.07) is 6.54. The third kappa shape index (κ3) is 4.63. The average molecular weight is 262 g/mol. The van der Waals surface area contributed by atoms with Gasteiger partial charge in [0.1, 0.15) is 0 Å². The van der Waals surface area contributed by atoms with E-state index in [1.54, 1.807) is 0 Å². The molecule has 0 bridgehead atoms. The molecular formula is C17H30N2. The Kier molecular flexibility index (Phi) is 7.11. The predicted octanol–water partition coefficient (Wildman–Crippen LogP) is 3.47. The molecule has 2 nitrogen and oxygen atoms in total. The summed E-state index contributed by atoms with van der Waals surface area (Å²) in [6.07, 6.45) is 2.42. The molecule has 0 aliphatic heterocycles. The lowest BCUT2D eigenvalue weighted by molar-refractivity contribution is 0.258. The van der Waals surface area contributed by atoms with Crippen molar-refractivity contribution < 1.29 is 0 Å². The molecule has 0 amide bonds. The second-order valence-corrected chi connectivity index (χ2v) is 5.54. The Bertz CT molecular complexity index is 347. The summed E-state index contributed by atoms with van der Waals surface area (Å²) in [5.74, 6) is 0.458. The van der Waals surface area contributed by atoms with Gasteiger partial charge in [0.15, 0.2) is 0 Å². The molecule has 0 heterocycles. The van der Waals surface area contributed by atoms with Crippen LogP contribution in [-0.4, -0.2) is 31.1 Å². The van der Waals surface area contributed by atoms with Crippen molar-refractivity contribution in [3.63, 3.8) is 0 Å². The van der Waals surface area contributed by atoms with E-state index >= 15 is 0 Å². The van der Waals surface area contributed by atoms with Crippen LogP contribution in [0.25, 0.3) is 0 Å². The molecule has 0 saturated heterocycles. The zero-order valence-corrected chi connectivity index (χ0v) is 13.1. The van der Waals surface area contributed by atoms with Crippen LogP contribution in [-0.2, 0) is 0 Å². The van der Waals surface area contributed by atoms with Crippen molar-refractivity contribution in [3.8, 4) is 0 Å². The molecule has 1 unspecified atom stereocenters. The monoisotopic (exact) mass is 262 g/mol. The van der Waals surface area contributed by atoms with Crippen LogP contribution in [0.5, 0.6) is 0 Å². The maximum atomic E-state index is 6.06. The van der Waals surface area contributed by atoms with E-state index in [0.29, 0.717) is 5.92 Å². The second-order valence-electron chi connectivity index (χ2n) is 5.54. The standard InChI is InChI=1S/C17H30N2/c1-5-10-19(11-6-2)13-16(12-18)17-14(3)8-7-9-15(17)4/h7-9,16H,5-6,10-13,18H2,1-4H3. The van der Waals surface area contributed by atoms with Gasteiger partial charge in [0.2, 0.25) is 0 Å². The van der Waals surface area contributed by atoms with E-state index in [4.69, 9.17) is 5.73 Å². The summed E-state index contributed by atoms with van der Waals surface area (Å²) in [7, 11) is 0. The molecular weight excluding hydrogens is 232 g/mol. The number of rotatable bonds is 8. The van der Waals surface area contributed by atoms with Crippen molar-refractivity contribution in [3.05, 3.63) is 34.9 Å². The third-order valence-electron chi connectivity index (χ3n) is 3.79. The van der Waals surface area contributed by atoms with Gasteiger partial charge in [-0.3, -0.25) is 0 Å². The molecule has 0 aliphatic rings. The fourth-order valence-electron chi connectivity index (χ4n) is 2.99. The highest BCUT2D eigenvalue weighted by molar-refractivity contribution is 5.37. The highest BCUT2D eigenvalue weighted by atomic mass is 15.1. The smallest absolute Gasteiger partial charge is 0.00940 e. The first kappa shape index (κ1) is 16.2. The van der Waals surface area contributed by atoms with E-state index in [1.807, 2.05) is 0 Å².